The second-order valence-electron chi connectivity index (χ2n) is 5.58. The Morgan fingerprint density at radius 2 is 2.05 bits per heavy atom. The van der Waals surface area contributed by atoms with Crippen LogP contribution in [0.4, 0.5) is 0 Å². The average molecular weight is 300 g/mol. The highest BCUT2D eigenvalue weighted by Crippen LogP contribution is 2.25. The van der Waals surface area contributed by atoms with Crippen LogP contribution in [0.25, 0.3) is 0 Å². The van der Waals surface area contributed by atoms with E-state index in [1.807, 2.05) is 34.5 Å². The summed E-state index contributed by atoms with van der Waals surface area (Å²) in [5, 5.41) is 4.09. The number of thiophene rings is 1. The average Bonchev–Trinajstić information content (AvgIpc) is 3.01. The van der Waals surface area contributed by atoms with Gasteiger partial charge in [-0.25, -0.2) is 0 Å². The van der Waals surface area contributed by atoms with Crippen LogP contribution in [0, 0.1) is 0 Å². The highest BCUT2D eigenvalue weighted by molar-refractivity contribution is 7.07. The summed E-state index contributed by atoms with van der Waals surface area (Å²) in [6.45, 7) is 2.65. The van der Waals surface area contributed by atoms with Gasteiger partial charge in [0.1, 0.15) is 0 Å². The van der Waals surface area contributed by atoms with Gasteiger partial charge in [-0.3, -0.25) is 4.79 Å². The molecule has 110 valence electrons. The summed E-state index contributed by atoms with van der Waals surface area (Å²) in [6.07, 6.45) is 0.510. The monoisotopic (exact) mass is 300 g/mol. The SMILES string of the molecule is CN1CCN(C(=O)Cc2ccsc2)C(c2ccccc2)C1. The number of nitrogens with zero attached hydrogens (tertiary/aromatic N) is 2. The number of hydrogen-bond donors (Lipinski definition) is 0. The number of likely N-dealkylation sites (N-methyl/N-ethyl adjacent to an activating group) is 1. The predicted octanol–water partition coefficient (Wildman–Crippen LogP) is 2.81. The molecule has 1 saturated heterocycles. The van der Waals surface area contributed by atoms with E-state index in [9.17, 15) is 4.79 Å². The molecule has 1 aromatic heterocycles. The van der Waals surface area contributed by atoms with Crippen molar-refractivity contribution >= 4 is 17.2 Å². The van der Waals surface area contributed by atoms with Crippen molar-refractivity contribution in [2.45, 2.75) is 12.5 Å². The minimum atomic E-state index is 0.163. The van der Waals surface area contributed by atoms with E-state index in [0.29, 0.717) is 6.42 Å². The molecule has 0 spiro atoms. The standard InChI is InChI=1S/C17H20N2OS/c1-18-8-9-19(17(20)11-14-7-10-21-13-14)16(12-18)15-5-3-2-4-6-15/h2-7,10,13,16H,8-9,11-12H2,1H3. The van der Waals surface area contributed by atoms with E-state index in [0.717, 1.165) is 25.2 Å². The first-order valence-corrected chi connectivity index (χ1v) is 8.22. The molecule has 1 fully saturated rings. The molecule has 1 unspecified atom stereocenters. The number of piperazine rings is 1. The largest absolute Gasteiger partial charge is 0.333 e. The Kier molecular flexibility index (Phi) is 4.36. The molecule has 1 aromatic carbocycles. The van der Waals surface area contributed by atoms with Crippen LogP contribution >= 0.6 is 11.3 Å². The molecular weight excluding hydrogens is 280 g/mol. The van der Waals surface area contributed by atoms with E-state index in [1.54, 1.807) is 11.3 Å². The number of hydrogen-bond acceptors (Lipinski definition) is 3. The molecule has 0 bridgehead atoms. The second-order valence-corrected chi connectivity index (χ2v) is 6.36. The minimum Gasteiger partial charge on any atom is -0.333 e. The molecule has 1 aliphatic heterocycles. The Balaban J connectivity index is 1.79. The summed E-state index contributed by atoms with van der Waals surface area (Å²) < 4.78 is 0. The van der Waals surface area contributed by atoms with Gasteiger partial charge in [-0.15, -0.1) is 0 Å². The van der Waals surface area contributed by atoms with Crippen molar-refractivity contribution in [1.82, 2.24) is 9.80 Å². The van der Waals surface area contributed by atoms with E-state index in [-0.39, 0.29) is 11.9 Å². The Labute approximate surface area is 129 Å². The number of benzene rings is 1. The quantitative estimate of drug-likeness (QED) is 0.870. The first-order valence-electron chi connectivity index (χ1n) is 7.28. The normalized spacial score (nSPS) is 19.7. The third-order valence-corrected chi connectivity index (χ3v) is 4.76. The van der Waals surface area contributed by atoms with E-state index in [1.165, 1.54) is 5.56 Å². The van der Waals surface area contributed by atoms with Crippen LogP contribution in [0.2, 0.25) is 0 Å². The molecular formula is C17H20N2OS. The number of carbonyl (C=O) groups excluding carboxylic acids is 1. The maximum Gasteiger partial charge on any atom is 0.227 e. The molecule has 1 atom stereocenters. The van der Waals surface area contributed by atoms with Gasteiger partial charge in [0.2, 0.25) is 5.91 Å². The molecule has 2 heterocycles. The van der Waals surface area contributed by atoms with Gasteiger partial charge in [-0.1, -0.05) is 30.3 Å². The number of amides is 1. The van der Waals surface area contributed by atoms with Crippen LogP contribution in [-0.2, 0) is 11.2 Å². The number of rotatable bonds is 3. The van der Waals surface area contributed by atoms with Crippen molar-refractivity contribution in [3.8, 4) is 0 Å². The van der Waals surface area contributed by atoms with Gasteiger partial charge in [-0.05, 0) is 35.0 Å². The summed E-state index contributed by atoms with van der Waals surface area (Å²) in [6, 6.07) is 12.6. The van der Waals surface area contributed by atoms with Crippen molar-refractivity contribution in [3.63, 3.8) is 0 Å². The van der Waals surface area contributed by atoms with Crippen molar-refractivity contribution in [1.29, 1.82) is 0 Å². The third kappa shape index (κ3) is 3.34. The molecule has 1 aliphatic rings. The third-order valence-electron chi connectivity index (χ3n) is 4.02. The van der Waals surface area contributed by atoms with Crippen LogP contribution < -0.4 is 0 Å². The molecule has 0 aliphatic carbocycles. The first kappa shape index (κ1) is 14.3. The molecule has 3 nitrogen and oxygen atoms in total. The lowest BCUT2D eigenvalue weighted by Crippen LogP contribution is -2.49. The van der Waals surface area contributed by atoms with Gasteiger partial charge in [-0.2, -0.15) is 11.3 Å². The molecule has 0 N–H and O–H groups in total. The molecule has 4 heteroatoms. The van der Waals surface area contributed by atoms with Crippen LogP contribution in [0.1, 0.15) is 17.2 Å². The zero-order valence-corrected chi connectivity index (χ0v) is 13.1. The van der Waals surface area contributed by atoms with Gasteiger partial charge in [0.05, 0.1) is 12.5 Å². The van der Waals surface area contributed by atoms with Crippen LogP contribution in [0.5, 0.6) is 0 Å². The van der Waals surface area contributed by atoms with Gasteiger partial charge < -0.3 is 9.80 Å². The summed E-state index contributed by atoms with van der Waals surface area (Å²) in [5.74, 6) is 0.232. The summed E-state index contributed by atoms with van der Waals surface area (Å²) in [7, 11) is 2.12. The lowest BCUT2D eigenvalue weighted by molar-refractivity contribution is -0.135. The van der Waals surface area contributed by atoms with Crippen molar-refractivity contribution in [3.05, 3.63) is 58.3 Å². The summed E-state index contributed by atoms with van der Waals surface area (Å²) >= 11 is 1.65. The zero-order chi connectivity index (χ0) is 14.7. The number of carbonyl (C=O) groups is 1. The summed E-state index contributed by atoms with van der Waals surface area (Å²) in [4.78, 5) is 17.0. The summed E-state index contributed by atoms with van der Waals surface area (Å²) in [5.41, 5.74) is 2.35. The van der Waals surface area contributed by atoms with Crippen LogP contribution in [-0.4, -0.2) is 42.4 Å². The lowest BCUT2D eigenvalue weighted by atomic mass is 10.0. The second kappa shape index (κ2) is 6.41. The fourth-order valence-electron chi connectivity index (χ4n) is 2.85. The topological polar surface area (TPSA) is 23.6 Å². The van der Waals surface area contributed by atoms with Gasteiger partial charge in [0.25, 0.3) is 0 Å². The molecule has 3 rings (SSSR count). The van der Waals surface area contributed by atoms with Gasteiger partial charge in [0.15, 0.2) is 0 Å². The maximum atomic E-state index is 12.7. The smallest absolute Gasteiger partial charge is 0.227 e. The molecule has 21 heavy (non-hydrogen) atoms. The van der Waals surface area contributed by atoms with Crippen molar-refractivity contribution in [2.24, 2.45) is 0 Å². The highest BCUT2D eigenvalue weighted by Gasteiger charge is 2.29. The molecule has 0 saturated carbocycles. The first-order chi connectivity index (χ1) is 10.2. The Morgan fingerprint density at radius 1 is 1.24 bits per heavy atom. The van der Waals surface area contributed by atoms with E-state index >= 15 is 0 Å². The van der Waals surface area contributed by atoms with Gasteiger partial charge in [0, 0.05) is 19.6 Å². The van der Waals surface area contributed by atoms with E-state index in [4.69, 9.17) is 0 Å². The van der Waals surface area contributed by atoms with Crippen LogP contribution in [0.3, 0.4) is 0 Å². The molecule has 2 aromatic rings. The Morgan fingerprint density at radius 3 is 2.76 bits per heavy atom. The van der Waals surface area contributed by atoms with Crippen LogP contribution in [0.15, 0.2) is 47.2 Å². The fraction of sp³-hybridized carbons (Fsp3) is 0.353. The van der Waals surface area contributed by atoms with E-state index in [2.05, 4.69) is 29.5 Å². The molecule has 1 amide bonds. The molecule has 0 radical (unpaired) electrons. The predicted molar refractivity (Wildman–Crippen MR) is 86.4 cm³/mol. The minimum absolute atomic E-state index is 0.163. The Bertz CT molecular complexity index is 582. The fourth-order valence-corrected chi connectivity index (χ4v) is 3.52. The lowest BCUT2D eigenvalue weighted by Gasteiger charge is -2.40. The Hall–Kier alpha value is -1.65. The highest BCUT2D eigenvalue weighted by atomic mass is 32.1. The van der Waals surface area contributed by atoms with E-state index < -0.39 is 0 Å². The maximum absolute atomic E-state index is 12.7. The van der Waals surface area contributed by atoms with Crippen molar-refractivity contribution < 1.29 is 4.79 Å². The van der Waals surface area contributed by atoms with Gasteiger partial charge >= 0.3 is 0 Å². The zero-order valence-electron chi connectivity index (χ0n) is 12.2. The van der Waals surface area contributed by atoms with Crippen molar-refractivity contribution in [2.75, 3.05) is 26.7 Å².